The highest BCUT2D eigenvalue weighted by atomic mass is 16.2. The summed E-state index contributed by atoms with van der Waals surface area (Å²) in [6, 6.07) is 0. The minimum absolute atomic E-state index is 0.000593. The molecule has 1 rings (SSSR count). The summed E-state index contributed by atoms with van der Waals surface area (Å²) in [5.74, 6) is -0.00119. The van der Waals surface area contributed by atoms with E-state index in [-0.39, 0.29) is 11.8 Å². The normalized spacial score (nSPS) is 15.0. The Morgan fingerprint density at radius 2 is 1.12 bits per heavy atom. The monoisotopic (exact) mass is 349 g/mol. The van der Waals surface area contributed by atoms with E-state index >= 15 is 0 Å². The van der Waals surface area contributed by atoms with Crippen molar-refractivity contribution >= 4 is 11.8 Å². The van der Waals surface area contributed by atoms with Crippen LogP contribution in [-0.4, -0.2) is 23.3 Å². The largest absolute Gasteiger partial charge is 0.282 e. The van der Waals surface area contributed by atoms with Gasteiger partial charge in [0, 0.05) is 19.4 Å². The van der Waals surface area contributed by atoms with Crippen LogP contribution >= 0.6 is 0 Å². The van der Waals surface area contributed by atoms with Gasteiger partial charge < -0.3 is 0 Å². The average Bonchev–Trinajstić information content (AvgIpc) is 2.93. The molecule has 3 heteroatoms. The molecule has 2 amide bonds. The standard InChI is InChI=1S/C22H39NO2/c1-2-3-4-5-6-7-8-9-10-11-12-13-14-15-16-17-20-23-21(24)18-19-22(23)25/h15-16H,2-14,17-20H2,1H3/b16-15+. The molecule has 3 nitrogen and oxygen atoms in total. The number of carbonyl (C=O) groups excluding carboxylic acids is 2. The summed E-state index contributed by atoms with van der Waals surface area (Å²) in [4.78, 5) is 24.3. The van der Waals surface area contributed by atoms with Crippen molar-refractivity contribution in [1.29, 1.82) is 0 Å². The summed E-state index contributed by atoms with van der Waals surface area (Å²) in [6.45, 7) is 2.83. The van der Waals surface area contributed by atoms with E-state index in [2.05, 4.69) is 19.1 Å². The predicted molar refractivity (Wildman–Crippen MR) is 105 cm³/mol. The zero-order valence-corrected chi connectivity index (χ0v) is 16.4. The van der Waals surface area contributed by atoms with Crippen LogP contribution in [-0.2, 0) is 9.59 Å². The molecule has 0 aromatic heterocycles. The van der Waals surface area contributed by atoms with Gasteiger partial charge in [-0.15, -0.1) is 0 Å². The first-order valence-corrected chi connectivity index (χ1v) is 10.7. The van der Waals surface area contributed by atoms with E-state index in [0.717, 1.165) is 12.8 Å². The number of carbonyl (C=O) groups is 2. The summed E-state index contributed by atoms with van der Waals surface area (Å²) < 4.78 is 0. The molecule has 144 valence electrons. The smallest absolute Gasteiger partial charge is 0.229 e. The molecule has 0 unspecified atom stereocenters. The Balaban J connectivity index is 1.79. The number of allylic oxidation sites excluding steroid dienone is 1. The van der Waals surface area contributed by atoms with Crippen LogP contribution in [0.25, 0.3) is 0 Å². The summed E-state index contributed by atoms with van der Waals surface area (Å²) in [5.41, 5.74) is 0. The van der Waals surface area contributed by atoms with Crippen molar-refractivity contribution in [3.8, 4) is 0 Å². The minimum Gasteiger partial charge on any atom is -0.282 e. The SMILES string of the molecule is CCCCCCCCCCCCCC/C=C/CCN1C(=O)CCC1=O. The van der Waals surface area contributed by atoms with Crippen LogP contribution in [0.15, 0.2) is 12.2 Å². The number of nitrogens with zero attached hydrogens (tertiary/aromatic N) is 1. The number of hydrogen-bond acceptors (Lipinski definition) is 2. The fraction of sp³-hybridized carbons (Fsp3) is 0.818. The van der Waals surface area contributed by atoms with Crippen LogP contribution in [0, 0.1) is 0 Å². The van der Waals surface area contributed by atoms with E-state index in [4.69, 9.17) is 0 Å². The third-order valence-corrected chi connectivity index (χ3v) is 5.07. The van der Waals surface area contributed by atoms with Crippen molar-refractivity contribution in [3.63, 3.8) is 0 Å². The van der Waals surface area contributed by atoms with Gasteiger partial charge in [0.05, 0.1) is 0 Å². The zero-order valence-electron chi connectivity index (χ0n) is 16.4. The van der Waals surface area contributed by atoms with Gasteiger partial charge in [0.15, 0.2) is 0 Å². The third-order valence-electron chi connectivity index (χ3n) is 5.07. The lowest BCUT2D eigenvalue weighted by molar-refractivity contribution is -0.138. The summed E-state index contributed by atoms with van der Waals surface area (Å²) in [5, 5.41) is 0. The molecule has 0 aromatic carbocycles. The molecular formula is C22H39NO2. The minimum atomic E-state index is -0.000593. The summed E-state index contributed by atoms with van der Waals surface area (Å²) in [6.07, 6.45) is 23.7. The van der Waals surface area contributed by atoms with Crippen LogP contribution in [0.4, 0.5) is 0 Å². The van der Waals surface area contributed by atoms with Crippen LogP contribution < -0.4 is 0 Å². The number of imide groups is 1. The number of amides is 2. The van der Waals surface area contributed by atoms with E-state index in [0.29, 0.717) is 19.4 Å². The molecule has 1 aliphatic heterocycles. The fourth-order valence-electron chi connectivity index (χ4n) is 3.41. The molecule has 1 aliphatic rings. The lowest BCUT2D eigenvalue weighted by Gasteiger charge is -2.11. The average molecular weight is 350 g/mol. The van der Waals surface area contributed by atoms with Crippen molar-refractivity contribution in [2.45, 2.75) is 110 Å². The highest BCUT2D eigenvalue weighted by Gasteiger charge is 2.27. The van der Waals surface area contributed by atoms with Crippen molar-refractivity contribution < 1.29 is 9.59 Å². The van der Waals surface area contributed by atoms with Gasteiger partial charge in [-0.2, -0.15) is 0 Å². The first kappa shape index (κ1) is 21.9. The van der Waals surface area contributed by atoms with Gasteiger partial charge in [0.25, 0.3) is 0 Å². The molecule has 25 heavy (non-hydrogen) atoms. The van der Waals surface area contributed by atoms with Crippen LogP contribution in [0.2, 0.25) is 0 Å². The molecule has 0 aromatic rings. The molecule has 0 radical (unpaired) electrons. The predicted octanol–water partition coefficient (Wildman–Crippen LogP) is 6.17. The van der Waals surface area contributed by atoms with E-state index in [1.807, 2.05) is 0 Å². The number of unbranched alkanes of at least 4 members (excludes halogenated alkanes) is 12. The van der Waals surface area contributed by atoms with Crippen molar-refractivity contribution in [1.82, 2.24) is 4.90 Å². The number of likely N-dealkylation sites (tertiary alicyclic amines) is 1. The van der Waals surface area contributed by atoms with Gasteiger partial charge in [-0.3, -0.25) is 14.5 Å². The van der Waals surface area contributed by atoms with Crippen LogP contribution in [0.1, 0.15) is 110 Å². The summed E-state index contributed by atoms with van der Waals surface area (Å²) in [7, 11) is 0. The lowest BCUT2D eigenvalue weighted by Crippen LogP contribution is -2.29. The first-order valence-electron chi connectivity index (χ1n) is 10.7. The Bertz CT molecular complexity index is 373. The first-order chi connectivity index (χ1) is 12.3. The molecule has 0 spiro atoms. The molecule has 1 saturated heterocycles. The Morgan fingerprint density at radius 1 is 0.680 bits per heavy atom. The molecule has 0 aliphatic carbocycles. The Kier molecular flexibility index (Phi) is 13.3. The van der Waals surface area contributed by atoms with Gasteiger partial charge in [0.2, 0.25) is 11.8 Å². The van der Waals surface area contributed by atoms with Crippen molar-refractivity contribution in [2.24, 2.45) is 0 Å². The lowest BCUT2D eigenvalue weighted by atomic mass is 10.0. The molecule has 0 N–H and O–H groups in total. The van der Waals surface area contributed by atoms with E-state index in [1.165, 1.54) is 81.9 Å². The fourth-order valence-corrected chi connectivity index (χ4v) is 3.41. The van der Waals surface area contributed by atoms with Crippen LogP contribution in [0.5, 0.6) is 0 Å². The number of rotatable bonds is 16. The Morgan fingerprint density at radius 3 is 1.64 bits per heavy atom. The molecule has 0 bridgehead atoms. The molecule has 0 atom stereocenters. The topological polar surface area (TPSA) is 37.4 Å². The third kappa shape index (κ3) is 11.2. The second-order valence-electron chi connectivity index (χ2n) is 7.38. The van der Waals surface area contributed by atoms with Gasteiger partial charge in [-0.25, -0.2) is 0 Å². The highest BCUT2D eigenvalue weighted by molar-refractivity contribution is 6.01. The molecule has 1 heterocycles. The van der Waals surface area contributed by atoms with Gasteiger partial charge in [-0.1, -0.05) is 89.7 Å². The second kappa shape index (κ2) is 15.2. The van der Waals surface area contributed by atoms with Gasteiger partial charge in [-0.05, 0) is 19.3 Å². The second-order valence-corrected chi connectivity index (χ2v) is 7.38. The Hall–Kier alpha value is -1.12. The van der Waals surface area contributed by atoms with Crippen molar-refractivity contribution in [2.75, 3.05) is 6.54 Å². The maximum absolute atomic E-state index is 11.5. The number of hydrogen-bond donors (Lipinski definition) is 0. The summed E-state index contributed by atoms with van der Waals surface area (Å²) >= 11 is 0. The van der Waals surface area contributed by atoms with E-state index in [1.54, 1.807) is 0 Å². The van der Waals surface area contributed by atoms with Gasteiger partial charge in [0.1, 0.15) is 0 Å². The molecular weight excluding hydrogens is 310 g/mol. The quantitative estimate of drug-likeness (QED) is 0.190. The molecule has 1 fully saturated rings. The maximum Gasteiger partial charge on any atom is 0.229 e. The van der Waals surface area contributed by atoms with Crippen LogP contribution in [0.3, 0.4) is 0 Å². The zero-order chi connectivity index (χ0) is 18.2. The Labute approximate surface area is 155 Å². The van der Waals surface area contributed by atoms with E-state index < -0.39 is 0 Å². The van der Waals surface area contributed by atoms with E-state index in [9.17, 15) is 9.59 Å². The highest BCUT2D eigenvalue weighted by Crippen LogP contribution is 2.13. The molecule has 0 saturated carbocycles. The van der Waals surface area contributed by atoms with Gasteiger partial charge >= 0.3 is 0 Å². The maximum atomic E-state index is 11.5. The van der Waals surface area contributed by atoms with Crippen molar-refractivity contribution in [3.05, 3.63) is 12.2 Å².